The third-order valence-corrected chi connectivity index (χ3v) is 3.26. The van der Waals surface area contributed by atoms with E-state index in [0.29, 0.717) is 22.9 Å². The normalized spacial score (nSPS) is 9.86. The van der Waals surface area contributed by atoms with E-state index in [-0.39, 0.29) is 6.03 Å². The maximum Gasteiger partial charge on any atom is 0.323 e. The van der Waals surface area contributed by atoms with Gasteiger partial charge in [-0.1, -0.05) is 28.1 Å². The molecule has 0 spiro atoms. The molecular weight excluding hydrogens is 336 g/mol. The van der Waals surface area contributed by atoms with Crippen molar-refractivity contribution >= 4 is 33.3 Å². The lowest BCUT2D eigenvalue weighted by molar-refractivity contribution is 0.262. The quantitative estimate of drug-likeness (QED) is 0.872. The van der Waals surface area contributed by atoms with Gasteiger partial charge in [-0.15, -0.1) is 0 Å². The van der Waals surface area contributed by atoms with E-state index < -0.39 is 0 Å². The van der Waals surface area contributed by atoms with E-state index in [9.17, 15) is 4.79 Å². The molecule has 2 aromatic rings. The standard InChI is InChI=1S/C15H15BrN2O3/c1-20-13-6-4-3-5-11(13)17-15(19)18-12-9-10(16)7-8-14(12)21-2/h3-9H,1-2H3,(H2,17,18,19). The van der Waals surface area contributed by atoms with Gasteiger partial charge in [0.1, 0.15) is 11.5 Å². The van der Waals surface area contributed by atoms with Crippen molar-refractivity contribution in [2.75, 3.05) is 24.9 Å². The topological polar surface area (TPSA) is 59.6 Å². The first kappa shape index (κ1) is 15.2. The highest BCUT2D eigenvalue weighted by molar-refractivity contribution is 9.10. The Balaban J connectivity index is 2.13. The summed E-state index contributed by atoms with van der Waals surface area (Å²) in [5.74, 6) is 1.17. The molecule has 0 aliphatic carbocycles. The second kappa shape index (κ2) is 6.99. The summed E-state index contributed by atoms with van der Waals surface area (Å²) in [6.45, 7) is 0. The highest BCUT2D eigenvalue weighted by Crippen LogP contribution is 2.28. The van der Waals surface area contributed by atoms with Gasteiger partial charge in [0.25, 0.3) is 0 Å². The lowest BCUT2D eigenvalue weighted by atomic mass is 10.3. The van der Waals surface area contributed by atoms with Crippen LogP contribution >= 0.6 is 15.9 Å². The van der Waals surface area contributed by atoms with Gasteiger partial charge in [0.2, 0.25) is 0 Å². The Bertz CT molecular complexity index is 647. The third-order valence-electron chi connectivity index (χ3n) is 2.76. The molecule has 0 unspecified atom stereocenters. The molecule has 2 N–H and O–H groups in total. The molecule has 0 bridgehead atoms. The van der Waals surface area contributed by atoms with Crippen molar-refractivity contribution in [1.29, 1.82) is 0 Å². The number of anilines is 2. The molecule has 0 saturated carbocycles. The SMILES string of the molecule is COc1ccccc1NC(=O)Nc1cc(Br)ccc1OC. The maximum atomic E-state index is 12.1. The Labute approximate surface area is 131 Å². The van der Waals surface area contributed by atoms with E-state index in [1.807, 2.05) is 18.2 Å². The fourth-order valence-electron chi connectivity index (χ4n) is 1.80. The molecule has 0 fully saturated rings. The van der Waals surface area contributed by atoms with Gasteiger partial charge in [0.15, 0.2) is 0 Å². The van der Waals surface area contributed by atoms with Gasteiger partial charge in [-0.2, -0.15) is 0 Å². The van der Waals surface area contributed by atoms with Crippen molar-refractivity contribution in [3.05, 3.63) is 46.9 Å². The van der Waals surface area contributed by atoms with E-state index in [1.54, 1.807) is 38.5 Å². The minimum atomic E-state index is -0.379. The summed E-state index contributed by atoms with van der Waals surface area (Å²) in [6.07, 6.45) is 0. The van der Waals surface area contributed by atoms with Crippen LogP contribution in [0.3, 0.4) is 0 Å². The number of benzene rings is 2. The van der Waals surface area contributed by atoms with E-state index in [4.69, 9.17) is 9.47 Å². The van der Waals surface area contributed by atoms with Crippen molar-refractivity contribution in [1.82, 2.24) is 0 Å². The zero-order valence-electron chi connectivity index (χ0n) is 11.6. The Morgan fingerprint density at radius 1 is 0.952 bits per heavy atom. The number of hydrogen-bond acceptors (Lipinski definition) is 3. The number of carbonyl (C=O) groups is 1. The Hall–Kier alpha value is -2.21. The number of ether oxygens (including phenoxy) is 2. The summed E-state index contributed by atoms with van der Waals surface area (Å²) in [7, 11) is 3.10. The van der Waals surface area contributed by atoms with E-state index in [0.717, 1.165) is 4.47 Å². The maximum absolute atomic E-state index is 12.1. The molecule has 0 saturated heterocycles. The first-order chi connectivity index (χ1) is 10.1. The summed E-state index contributed by atoms with van der Waals surface area (Å²) >= 11 is 3.36. The second-order valence-electron chi connectivity index (χ2n) is 4.12. The van der Waals surface area contributed by atoms with Crippen LogP contribution in [0.25, 0.3) is 0 Å². The summed E-state index contributed by atoms with van der Waals surface area (Å²) in [6, 6.07) is 12.2. The first-order valence-corrected chi connectivity index (χ1v) is 6.98. The number of methoxy groups -OCH3 is 2. The van der Waals surface area contributed by atoms with Gasteiger partial charge < -0.3 is 20.1 Å². The first-order valence-electron chi connectivity index (χ1n) is 6.18. The average molecular weight is 351 g/mol. The van der Waals surface area contributed by atoms with Gasteiger partial charge in [0.05, 0.1) is 25.6 Å². The molecule has 2 amide bonds. The summed E-state index contributed by atoms with van der Waals surface area (Å²) in [5, 5.41) is 5.48. The number of rotatable bonds is 4. The number of amides is 2. The highest BCUT2D eigenvalue weighted by atomic mass is 79.9. The smallest absolute Gasteiger partial charge is 0.323 e. The molecule has 0 aromatic heterocycles. The summed E-state index contributed by atoms with van der Waals surface area (Å²) in [5.41, 5.74) is 1.16. The van der Waals surface area contributed by atoms with Crippen LogP contribution in [0.1, 0.15) is 0 Å². The van der Waals surface area contributed by atoms with Crippen LogP contribution in [-0.4, -0.2) is 20.3 Å². The number of hydrogen-bond donors (Lipinski definition) is 2. The highest BCUT2D eigenvalue weighted by Gasteiger charge is 2.10. The van der Waals surface area contributed by atoms with Crippen LogP contribution < -0.4 is 20.1 Å². The molecule has 0 atom stereocenters. The fourth-order valence-corrected chi connectivity index (χ4v) is 2.16. The number of halogens is 1. The zero-order valence-corrected chi connectivity index (χ0v) is 13.2. The van der Waals surface area contributed by atoms with Crippen LogP contribution in [-0.2, 0) is 0 Å². The van der Waals surface area contributed by atoms with Crippen LogP contribution in [0.4, 0.5) is 16.2 Å². The van der Waals surface area contributed by atoms with Crippen LogP contribution in [0.2, 0.25) is 0 Å². The number of carbonyl (C=O) groups excluding carboxylic acids is 1. The van der Waals surface area contributed by atoms with E-state index >= 15 is 0 Å². The second-order valence-corrected chi connectivity index (χ2v) is 5.04. The fraction of sp³-hybridized carbons (Fsp3) is 0.133. The molecule has 2 aromatic carbocycles. The van der Waals surface area contributed by atoms with Crippen molar-refractivity contribution in [2.24, 2.45) is 0 Å². The van der Waals surface area contributed by atoms with Crippen molar-refractivity contribution < 1.29 is 14.3 Å². The van der Waals surface area contributed by atoms with Crippen LogP contribution in [0, 0.1) is 0 Å². The van der Waals surface area contributed by atoms with Gasteiger partial charge in [-0.05, 0) is 30.3 Å². The Kier molecular flexibility index (Phi) is 5.05. The molecule has 0 heterocycles. The van der Waals surface area contributed by atoms with Gasteiger partial charge in [0, 0.05) is 4.47 Å². The molecular formula is C15H15BrN2O3. The monoisotopic (exact) mass is 350 g/mol. The van der Waals surface area contributed by atoms with Crippen LogP contribution in [0.15, 0.2) is 46.9 Å². The number of nitrogens with one attached hydrogen (secondary N) is 2. The van der Waals surface area contributed by atoms with Crippen molar-refractivity contribution in [3.63, 3.8) is 0 Å². The van der Waals surface area contributed by atoms with Crippen molar-refractivity contribution in [3.8, 4) is 11.5 Å². The lowest BCUT2D eigenvalue weighted by Crippen LogP contribution is -2.20. The van der Waals surface area contributed by atoms with E-state index in [2.05, 4.69) is 26.6 Å². The zero-order chi connectivity index (χ0) is 15.2. The third kappa shape index (κ3) is 3.88. The molecule has 0 radical (unpaired) electrons. The lowest BCUT2D eigenvalue weighted by Gasteiger charge is -2.13. The largest absolute Gasteiger partial charge is 0.495 e. The average Bonchev–Trinajstić information content (AvgIpc) is 2.48. The van der Waals surface area contributed by atoms with Gasteiger partial charge in [-0.25, -0.2) is 4.79 Å². The number of urea groups is 1. The Morgan fingerprint density at radius 2 is 1.57 bits per heavy atom. The van der Waals surface area contributed by atoms with E-state index in [1.165, 1.54) is 0 Å². The number of para-hydroxylation sites is 2. The van der Waals surface area contributed by atoms with Crippen molar-refractivity contribution in [2.45, 2.75) is 0 Å². The molecule has 0 aliphatic heterocycles. The molecule has 6 heteroatoms. The minimum Gasteiger partial charge on any atom is -0.495 e. The predicted octanol–water partition coefficient (Wildman–Crippen LogP) is 4.11. The molecule has 5 nitrogen and oxygen atoms in total. The minimum absolute atomic E-state index is 0.379. The predicted molar refractivity (Wildman–Crippen MR) is 86.3 cm³/mol. The molecule has 2 rings (SSSR count). The molecule has 21 heavy (non-hydrogen) atoms. The van der Waals surface area contributed by atoms with Crippen LogP contribution in [0.5, 0.6) is 11.5 Å². The summed E-state index contributed by atoms with van der Waals surface area (Å²) < 4.78 is 11.2. The summed E-state index contributed by atoms with van der Waals surface area (Å²) in [4.78, 5) is 12.1. The van der Waals surface area contributed by atoms with Gasteiger partial charge >= 0.3 is 6.03 Å². The van der Waals surface area contributed by atoms with Gasteiger partial charge in [-0.3, -0.25) is 0 Å². The molecule has 110 valence electrons. The molecule has 0 aliphatic rings. The Morgan fingerprint density at radius 3 is 2.29 bits per heavy atom.